The van der Waals surface area contributed by atoms with Gasteiger partial charge in [0.15, 0.2) is 0 Å². The summed E-state index contributed by atoms with van der Waals surface area (Å²) in [6, 6.07) is 0. The average molecular weight is 145 g/mol. The predicted octanol–water partition coefficient (Wildman–Crippen LogP) is 2.52. The molecule has 0 N–H and O–H groups in total. The molecule has 0 unspecified atom stereocenters. The molecule has 2 nitrogen and oxygen atoms in total. The average Bonchev–Trinajstić information content (AvgIpc) is 1.30. The molecule has 0 aliphatic rings. The van der Waals surface area contributed by atoms with Crippen molar-refractivity contribution in [3.05, 3.63) is 7.43 Å². The first-order valence-corrected chi connectivity index (χ1v) is 3.11. The van der Waals surface area contributed by atoms with Gasteiger partial charge in [0.05, 0.1) is 6.61 Å². The van der Waals surface area contributed by atoms with E-state index in [4.69, 9.17) is 0 Å². The van der Waals surface area contributed by atoms with Gasteiger partial charge in [0.25, 0.3) is 0 Å². The fourth-order valence-corrected chi connectivity index (χ4v) is 0.451. The molecule has 0 rings (SSSR count). The Kier molecular flexibility index (Phi) is 5.23. The first-order chi connectivity index (χ1) is 3.06. The molecule has 0 spiro atoms. The van der Waals surface area contributed by atoms with Gasteiger partial charge in [-0.15, -0.1) is 8.39 Å². The molecule has 0 aromatic heterocycles. The minimum absolute atomic E-state index is 0. The van der Waals surface area contributed by atoms with Gasteiger partial charge < -0.3 is 0 Å². The summed E-state index contributed by atoms with van der Waals surface area (Å²) in [5, 5.41) is 0. The van der Waals surface area contributed by atoms with Crippen LogP contribution in [0.3, 0.4) is 0 Å². The lowest BCUT2D eigenvalue weighted by atomic mass is 10.9. The lowest BCUT2D eigenvalue weighted by Crippen LogP contribution is -1.76. The summed E-state index contributed by atoms with van der Waals surface area (Å²) in [6.07, 6.45) is 0. The van der Waals surface area contributed by atoms with Gasteiger partial charge in [0, 0.05) is 7.43 Å². The second-order valence-electron chi connectivity index (χ2n) is 0.832. The third-order valence-corrected chi connectivity index (χ3v) is 0.838. The third-order valence-electron chi connectivity index (χ3n) is 0.279. The maximum Gasteiger partial charge on any atom is 0.551 e. The molecule has 0 aliphatic heterocycles. The lowest BCUT2D eigenvalue weighted by Gasteiger charge is -1.92. The quantitative estimate of drug-likeness (QED) is 0.440. The van der Waals surface area contributed by atoms with Gasteiger partial charge in [0.1, 0.15) is 0 Å². The van der Waals surface area contributed by atoms with E-state index in [2.05, 4.69) is 4.52 Å². The SMILES string of the molecule is CCOP(=O)(F)F.[CH3+]. The summed E-state index contributed by atoms with van der Waals surface area (Å²) in [5.74, 6) is 0. The van der Waals surface area contributed by atoms with E-state index in [0.29, 0.717) is 0 Å². The monoisotopic (exact) mass is 145 g/mol. The van der Waals surface area contributed by atoms with Crippen LogP contribution in [0.4, 0.5) is 8.39 Å². The first kappa shape index (κ1) is 10.8. The van der Waals surface area contributed by atoms with Crippen LogP contribution < -0.4 is 0 Å². The van der Waals surface area contributed by atoms with Crippen molar-refractivity contribution in [2.75, 3.05) is 6.61 Å². The Morgan fingerprint density at radius 1 is 1.62 bits per heavy atom. The van der Waals surface area contributed by atoms with E-state index >= 15 is 0 Å². The van der Waals surface area contributed by atoms with E-state index in [1.807, 2.05) is 0 Å². The molecule has 5 heteroatoms. The highest BCUT2D eigenvalue weighted by atomic mass is 31.2. The Bertz CT molecular complexity index is 89.3. The molecule has 0 saturated carbocycles. The Labute approximate surface area is 47.5 Å². The summed E-state index contributed by atoms with van der Waals surface area (Å²) in [7, 11) is -5.17. The number of hydrogen-bond donors (Lipinski definition) is 0. The van der Waals surface area contributed by atoms with Crippen molar-refractivity contribution in [3.8, 4) is 0 Å². The van der Waals surface area contributed by atoms with Gasteiger partial charge >= 0.3 is 7.99 Å². The molecular formula is C3H8F2O2P+. The molecule has 0 fully saturated rings. The van der Waals surface area contributed by atoms with Crippen LogP contribution in [0.15, 0.2) is 0 Å². The largest absolute Gasteiger partial charge is 0.551 e. The van der Waals surface area contributed by atoms with Gasteiger partial charge in [-0.2, -0.15) is 0 Å². The van der Waals surface area contributed by atoms with E-state index in [-0.39, 0.29) is 14.0 Å². The van der Waals surface area contributed by atoms with Crippen LogP contribution in [0, 0.1) is 7.43 Å². The number of rotatable bonds is 2. The second-order valence-corrected chi connectivity index (χ2v) is 1.92. The van der Waals surface area contributed by atoms with E-state index in [1.54, 1.807) is 0 Å². The van der Waals surface area contributed by atoms with Crippen molar-refractivity contribution in [2.45, 2.75) is 6.92 Å². The van der Waals surface area contributed by atoms with Crippen LogP contribution in [0.25, 0.3) is 0 Å². The van der Waals surface area contributed by atoms with E-state index in [1.165, 1.54) is 6.92 Å². The molecule has 0 atom stereocenters. The number of hydrogen-bond acceptors (Lipinski definition) is 2. The second kappa shape index (κ2) is 3.87. The highest BCUT2D eigenvalue weighted by Crippen LogP contribution is 2.49. The van der Waals surface area contributed by atoms with Crippen molar-refractivity contribution in [1.29, 1.82) is 0 Å². The first-order valence-electron chi connectivity index (χ1n) is 1.70. The van der Waals surface area contributed by atoms with Crippen LogP contribution in [-0.2, 0) is 9.09 Å². The summed E-state index contributed by atoms with van der Waals surface area (Å²) in [4.78, 5) is 0. The molecule has 0 bridgehead atoms. The lowest BCUT2D eigenvalue weighted by molar-refractivity contribution is 0.270. The molecule has 0 heterocycles. The summed E-state index contributed by atoms with van der Waals surface area (Å²) in [5.41, 5.74) is 0. The van der Waals surface area contributed by atoms with Crippen molar-refractivity contribution < 1.29 is 17.5 Å². The molecular weight excluding hydrogens is 137 g/mol. The molecule has 8 heavy (non-hydrogen) atoms. The third kappa shape index (κ3) is 9.33. The van der Waals surface area contributed by atoms with E-state index in [0.717, 1.165) is 0 Å². The molecule has 0 aromatic carbocycles. The highest BCUT2D eigenvalue weighted by Gasteiger charge is 2.17. The Morgan fingerprint density at radius 3 is 2.00 bits per heavy atom. The zero-order valence-corrected chi connectivity index (χ0v) is 5.62. The minimum atomic E-state index is -5.17. The van der Waals surface area contributed by atoms with Crippen molar-refractivity contribution in [1.82, 2.24) is 0 Å². The zero-order valence-electron chi connectivity index (χ0n) is 4.73. The van der Waals surface area contributed by atoms with E-state index in [9.17, 15) is 13.0 Å². The smallest absolute Gasteiger partial charge is 0.281 e. The fourth-order valence-electron chi connectivity index (χ4n) is 0.150. The van der Waals surface area contributed by atoms with Gasteiger partial charge in [-0.25, -0.2) is 4.57 Å². The topological polar surface area (TPSA) is 26.3 Å². The molecule has 0 aliphatic carbocycles. The Hall–Kier alpha value is -0.0800. The normalized spacial score (nSPS) is 10.4. The Balaban J connectivity index is 0. The molecule has 50 valence electrons. The molecule has 0 aromatic rings. The predicted molar refractivity (Wildman–Crippen MR) is 27.9 cm³/mol. The summed E-state index contributed by atoms with van der Waals surface area (Å²) < 4.78 is 34.8. The van der Waals surface area contributed by atoms with Gasteiger partial charge in [-0.05, 0) is 6.92 Å². The standard InChI is InChI=1S/C2H5F2O2P.CH3/c1-2-6-7(3,4)5;/h2H2,1H3;1H3/q;+1. The minimum Gasteiger partial charge on any atom is -0.281 e. The zero-order chi connectivity index (χ0) is 5.91. The van der Waals surface area contributed by atoms with Crippen LogP contribution >= 0.6 is 7.99 Å². The van der Waals surface area contributed by atoms with Gasteiger partial charge in [-0.1, -0.05) is 0 Å². The van der Waals surface area contributed by atoms with Crippen molar-refractivity contribution in [3.63, 3.8) is 0 Å². The maximum atomic E-state index is 11.1. The molecule has 0 amide bonds. The van der Waals surface area contributed by atoms with Crippen molar-refractivity contribution >= 4 is 7.99 Å². The van der Waals surface area contributed by atoms with Crippen LogP contribution in [-0.4, -0.2) is 6.61 Å². The van der Waals surface area contributed by atoms with Gasteiger partial charge in [0.2, 0.25) is 0 Å². The van der Waals surface area contributed by atoms with E-state index < -0.39 is 7.99 Å². The van der Waals surface area contributed by atoms with Gasteiger partial charge in [-0.3, -0.25) is 4.52 Å². The highest BCUT2D eigenvalue weighted by molar-refractivity contribution is 7.47. The molecule has 0 saturated heterocycles. The van der Waals surface area contributed by atoms with Crippen LogP contribution in [0.1, 0.15) is 6.92 Å². The maximum absolute atomic E-state index is 11.1. The summed E-state index contributed by atoms with van der Waals surface area (Å²) >= 11 is 0. The fraction of sp³-hybridized carbons (Fsp3) is 0.667. The summed E-state index contributed by atoms with van der Waals surface area (Å²) in [6.45, 7) is 1.15. The van der Waals surface area contributed by atoms with Crippen molar-refractivity contribution in [2.24, 2.45) is 0 Å². The molecule has 0 radical (unpaired) electrons. The van der Waals surface area contributed by atoms with Crippen LogP contribution in [0.2, 0.25) is 0 Å². The van der Waals surface area contributed by atoms with Crippen LogP contribution in [0.5, 0.6) is 0 Å². The Morgan fingerprint density at radius 2 is 2.00 bits per heavy atom. The number of halogens is 2.